The van der Waals surface area contributed by atoms with Gasteiger partial charge in [-0.3, -0.25) is 19.3 Å². The summed E-state index contributed by atoms with van der Waals surface area (Å²) in [7, 11) is 0. The molecule has 29 heavy (non-hydrogen) atoms. The van der Waals surface area contributed by atoms with Crippen molar-refractivity contribution in [1.29, 1.82) is 0 Å². The highest BCUT2D eigenvalue weighted by molar-refractivity contribution is 6.00. The summed E-state index contributed by atoms with van der Waals surface area (Å²) >= 11 is 0. The number of carbonyl (C=O) groups excluding carboxylic acids is 2. The van der Waals surface area contributed by atoms with Crippen LogP contribution in [0.3, 0.4) is 0 Å². The molecule has 0 saturated carbocycles. The maximum absolute atomic E-state index is 13.4. The van der Waals surface area contributed by atoms with Crippen molar-refractivity contribution in [2.24, 2.45) is 5.92 Å². The van der Waals surface area contributed by atoms with Gasteiger partial charge >= 0.3 is 0 Å². The Morgan fingerprint density at radius 3 is 2.83 bits per heavy atom. The standard InChI is InChI=1S/C21H20FN5O2/c22-18-2-1-3-19(11-18)27-14-16(10-20(27)28)21(29)24-8-9-26-13-17(12-25-26)15-4-6-23-7-5-15/h1-7,11-13,16H,8-10,14H2,(H,24,29)/t16-/m1/s1. The predicted octanol–water partition coefficient (Wildman–Crippen LogP) is 2.25. The molecule has 3 aromatic rings. The van der Waals surface area contributed by atoms with Crippen molar-refractivity contribution in [3.8, 4) is 11.1 Å². The number of aromatic nitrogens is 3. The molecule has 2 amide bonds. The Morgan fingerprint density at radius 2 is 2.03 bits per heavy atom. The molecule has 0 unspecified atom stereocenters. The number of nitrogens with zero attached hydrogens (tertiary/aromatic N) is 4. The molecule has 1 aliphatic rings. The normalized spacial score (nSPS) is 16.2. The number of pyridine rings is 1. The summed E-state index contributed by atoms with van der Waals surface area (Å²) in [5, 5.41) is 7.17. The zero-order chi connectivity index (χ0) is 20.2. The fraction of sp³-hybridized carbons (Fsp3) is 0.238. The van der Waals surface area contributed by atoms with E-state index in [2.05, 4.69) is 15.4 Å². The number of halogens is 1. The van der Waals surface area contributed by atoms with Crippen molar-refractivity contribution < 1.29 is 14.0 Å². The molecule has 7 nitrogen and oxygen atoms in total. The van der Waals surface area contributed by atoms with Crippen molar-refractivity contribution in [3.05, 3.63) is 67.0 Å². The predicted molar refractivity (Wildman–Crippen MR) is 105 cm³/mol. The second kappa shape index (κ2) is 8.22. The first kappa shape index (κ1) is 18.8. The van der Waals surface area contributed by atoms with E-state index in [0.717, 1.165) is 11.1 Å². The van der Waals surface area contributed by atoms with Gasteiger partial charge in [-0.1, -0.05) is 6.07 Å². The maximum Gasteiger partial charge on any atom is 0.227 e. The number of carbonyl (C=O) groups is 2. The van der Waals surface area contributed by atoms with E-state index in [9.17, 15) is 14.0 Å². The Bertz CT molecular complexity index is 1020. The molecule has 148 valence electrons. The Labute approximate surface area is 167 Å². The van der Waals surface area contributed by atoms with Crippen LogP contribution in [0.15, 0.2) is 61.2 Å². The number of hydrogen-bond donors (Lipinski definition) is 1. The number of hydrogen-bond acceptors (Lipinski definition) is 4. The van der Waals surface area contributed by atoms with Crippen LogP contribution < -0.4 is 10.2 Å². The van der Waals surface area contributed by atoms with Gasteiger partial charge in [0.1, 0.15) is 5.82 Å². The van der Waals surface area contributed by atoms with Crippen molar-refractivity contribution in [2.45, 2.75) is 13.0 Å². The van der Waals surface area contributed by atoms with E-state index >= 15 is 0 Å². The molecule has 1 saturated heterocycles. The molecule has 8 heteroatoms. The first-order chi connectivity index (χ1) is 14.1. The van der Waals surface area contributed by atoms with Crippen LogP contribution in [0.2, 0.25) is 0 Å². The molecule has 1 fully saturated rings. The first-order valence-corrected chi connectivity index (χ1v) is 9.36. The van der Waals surface area contributed by atoms with Gasteiger partial charge in [0.05, 0.1) is 18.7 Å². The van der Waals surface area contributed by atoms with Gasteiger partial charge in [-0.05, 0) is 35.9 Å². The zero-order valence-corrected chi connectivity index (χ0v) is 15.7. The molecule has 2 aromatic heterocycles. The smallest absolute Gasteiger partial charge is 0.227 e. The average Bonchev–Trinajstić information content (AvgIpc) is 3.35. The first-order valence-electron chi connectivity index (χ1n) is 9.36. The van der Waals surface area contributed by atoms with Crippen LogP contribution >= 0.6 is 0 Å². The number of benzene rings is 1. The van der Waals surface area contributed by atoms with E-state index in [1.165, 1.54) is 17.0 Å². The van der Waals surface area contributed by atoms with Crippen LogP contribution in [0.25, 0.3) is 11.1 Å². The highest BCUT2D eigenvalue weighted by atomic mass is 19.1. The monoisotopic (exact) mass is 393 g/mol. The largest absolute Gasteiger partial charge is 0.354 e. The summed E-state index contributed by atoms with van der Waals surface area (Å²) in [6, 6.07) is 9.66. The maximum atomic E-state index is 13.4. The van der Waals surface area contributed by atoms with Gasteiger partial charge in [0.15, 0.2) is 0 Å². The molecule has 1 N–H and O–H groups in total. The topological polar surface area (TPSA) is 80.1 Å². The van der Waals surface area contributed by atoms with Gasteiger partial charge in [-0.15, -0.1) is 0 Å². The lowest BCUT2D eigenvalue weighted by Gasteiger charge is -2.16. The molecule has 1 aromatic carbocycles. The number of anilines is 1. The summed E-state index contributed by atoms with van der Waals surface area (Å²) in [5.74, 6) is -1.21. The van der Waals surface area contributed by atoms with Crippen molar-refractivity contribution in [2.75, 3.05) is 18.0 Å². The molecule has 0 bridgehead atoms. The van der Waals surface area contributed by atoms with Gasteiger partial charge in [0, 0.05) is 49.4 Å². The van der Waals surface area contributed by atoms with E-state index in [4.69, 9.17) is 0 Å². The van der Waals surface area contributed by atoms with Crippen LogP contribution in [0.4, 0.5) is 10.1 Å². The minimum absolute atomic E-state index is 0.121. The lowest BCUT2D eigenvalue weighted by atomic mass is 10.1. The lowest BCUT2D eigenvalue weighted by molar-refractivity contribution is -0.126. The summed E-state index contributed by atoms with van der Waals surface area (Å²) in [6.45, 7) is 1.17. The second-order valence-electron chi connectivity index (χ2n) is 6.90. The minimum atomic E-state index is -0.448. The SMILES string of the molecule is O=C(NCCn1cc(-c2ccncc2)cn1)[C@@H]1CC(=O)N(c2cccc(F)c2)C1. The van der Waals surface area contributed by atoms with E-state index < -0.39 is 11.7 Å². The Kier molecular flexibility index (Phi) is 5.33. The van der Waals surface area contributed by atoms with Crippen molar-refractivity contribution in [1.82, 2.24) is 20.1 Å². The van der Waals surface area contributed by atoms with Gasteiger partial charge < -0.3 is 10.2 Å². The zero-order valence-electron chi connectivity index (χ0n) is 15.7. The number of amides is 2. The third-order valence-electron chi connectivity index (χ3n) is 4.90. The third-order valence-corrected chi connectivity index (χ3v) is 4.90. The molecule has 0 radical (unpaired) electrons. The van der Waals surface area contributed by atoms with Crippen LogP contribution in [0.1, 0.15) is 6.42 Å². The molecular formula is C21H20FN5O2. The van der Waals surface area contributed by atoms with Gasteiger partial charge in [0.25, 0.3) is 0 Å². The molecule has 0 spiro atoms. The lowest BCUT2D eigenvalue weighted by Crippen LogP contribution is -2.34. The number of rotatable bonds is 6. The quantitative estimate of drug-likeness (QED) is 0.697. The Morgan fingerprint density at radius 1 is 1.21 bits per heavy atom. The fourth-order valence-corrected chi connectivity index (χ4v) is 3.39. The van der Waals surface area contributed by atoms with Gasteiger partial charge in [-0.2, -0.15) is 5.10 Å². The van der Waals surface area contributed by atoms with E-state index in [0.29, 0.717) is 18.8 Å². The van der Waals surface area contributed by atoms with E-state index in [-0.39, 0.29) is 24.8 Å². The van der Waals surface area contributed by atoms with Crippen LogP contribution in [0, 0.1) is 11.7 Å². The summed E-state index contributed by atoms with van der Waals surface area (Å²) in [4.78, 5) is 30.1. The van der Waals surface area contributed by atoms with Gasteiger partial charge in [0.2, 0.25) is 11.8 Å². The molecule has 3 heterocycles. The molecule has 4 rings (SSSR count). The summed E-state index contributed by atoms with van der Waals surface area (Å²) in [6.07, 6.45) is 7.25. The van der Waals surface area contributed by atoms with Crippen molar-refractivity contribution >= 4 is 17.5 Å². The molecule has 1 atom stereocenters. The summed E-state index contributed by atoms with van der Waals surface area (Å²) in [5.41, 5.74) is 2.48. The van der Waals surface area contributed by atoms with Crippen LogP contribution in [-0.2, 0) is 16.1 Å². The molecular weight excluding hydrogens is 373 g/mol. The van der Waals surface area contributed by atoms with Crippen molar-refractivity contribution in [3.63, 3.8) is 0 Å². The van der Waals surface area contributed by atoms with Gasteiger partial charge in [-0.25, -0.2) is 4.39 Å². The molecule has 0 aliphatic carbocycles. The Balaban J connectivity index is 1.29. The van der Waals surface area contributed by atoms with E-state index in [1.807, 2.05) is 18.3 Å². The third kappa shape index (κ3) is 4.31. The highest BCUT2D eigenvalue weighted by Gasteiger charge is 2.35. The van der Waals surface area contributed by atoms with E-state index in [1.54, 1.807) is 35.4 Å². The van der Waals surface area contributed by atoms with Crippen LogP contribution in [0.5, 0.6) is 0 Å². The summed E-state index contributed by atoms with van der Waals surface area (Å²) < 4.78 is 15.2. The average molecular weight is 393 g/mol. The number of nitrogens with one attached hydrogen (secondary N) is 1. The minimum Gasteiger partial charge on any atom is -0.354 e. The second-order valence-corrected chi connectivity index (χ2v) is 6.90. The van der Waals surface area contributed by atoms with Crippen LogP contribution in [-0.4, -0.2) is 39.7 Å². The highest BCUT2D eigenvalue weighted by Crippen LogP contribution is 2.25. The Hall–Kier alpha value is -3.55. The fourth-order valence-electron chi connectivity index (χ4n) is 3.39. The molecule has 1 aliphatic heterocycles.